The van der Waals surface area contributed by atoms with Crippen molar-refractivity contribution in [2.75, 3.05) is 19.6 Å². The van der Waals surface area contributed by atoms with Gasteiger partial charge in [0.2, 0.25) is 0 Å². The first-order valence-electron chi connectivity index (χ1n) is 7.76. The van der Waals surface area contributed by atoms with Crippen molar-refractivity contribution in [3.63, 3.8) is 0 Å². The van der Waals surface area contributed by atoms with Gasteiger partial charge in [0, 0.05) is 18.6 Å². The second-order valence-corrected chi connectivity index (χ2v) is 6.23. The summed E-state index contributed by atoms with van der Waals surface area (Å²) in [5.74, 6) is 0.979. The molecule has 2 rings (SSSR count). The van der Waals surface area contributed by atoms with Gasteiger partial charge >= 0.3 is 0 Å². The second-order valence-electron chi connectivity index (χ2n) is 6.23. The van der Waals surface area contributed by atoms with Crippen molar-refractivity contribution in [3.8, 4) is 0 Å². The smallest absolute Gasteiger partial charge is 0.0331 e. The minimum absolute atomic E-state index is 0.365. The van der Waals surface area contributed by atoms with Crippen molar-refractivity contribution in [1.29, 1.82) is 0 Å². The molecular weight excluding hydrogens is 208 g/mol. The van der Waals surface area contributed by atoms with Crippen LogP contribution in [0.4, 0.5) is 0 Å². The van der Waals surface area contributed by atoms with Crippen molar-refractivity contribution in [2.45, 2.75) is 70.3 Å². The van der Waals surface area contributed by atoms with Crippen LogP contribution in [0.5, 0.6) is 0 Å². The number of hydrogen-bond donors (Lipinski definition) is 1. The molecule has 0 amide bonds. The molecule has 2 nitrogen and oxygen atoms in total. The van der Waals surface area contributed by atoms with Gasteiger partial charge in [0.15, 0.2) is 0 Å². The molecule has 2 heteroatoms. The number of nitrogens with two attached hydrogens (primary N) is 1. The number of rotatable bonds is 6. The second kappa shape index (κ2) is 6.19. The summed E-state index contributed by atoms with van der Waals surface area (Å²) in [6.07, 6.45) is 12.5. The van der Waals surface area contributed by atoms with Crippen molar-refractivity contribution in [3.05, 3.63) is 0 Å². The molecule has 100 valence electrons. The van der Waals surface area contributed by atoms with Gasteiger partial charge in [-0.1, -0.05) is 32.6 Å². The summed E-state index contributed by atoms with van der Waals surface area (Å²) >= 11 is 0. The Bertz CT molecular complexity index is 217. The first kappa shape index (κ1) is 13.4. The summed E-state index contributed by atoms with van der Waals surface area (Å²) in [4.78, 5) is 2.77. The van der Waals surface area contributed by atoms with E-state index in [9.17, 15) is 0 Å². The lowest BCUT2D eigenvalue weighted by Gasteiger charge is -2.48. The van der Waals surface area contributed by atoms with E-state index in [1.54, 1.807) is 0 Å². The Morgan fingerprint density at radius 2 is 1.82 bits per heavy atom. The lowest BCUT2D eigenvalue weighted by Crippen LogP contribution is -2.56. The maximum atomic E-state index is 6.16. The Kier molecular flexibility index (Phi) is 4.87. The SMILES string of the molecule is CCCN(CC1CCC1)C1(CN)CCCCC1. The molecule has 0 aromatic rings. The number of nitrogens with zero attached hydrogens (tertiary/aromatic N) is 1. The highest BCUT2D eigenvalue weighted by Crippen LogP contribution is 2.36. The van der Waals surface area contributed by atoms with E-state index in [0.717, 1.165) is 12.5 Å². The van der Waals surface area contributed by atoms with Crippen LogP contribution in [0.3, 0.4) is 0 Å². The molecule has 0 heterocycles. The van der Waals surface area contributed by atoms with E-state index in [-0.39, 0.29) is 0 Å². The van der Waals surface area contributed by atoms with Crippen LogP contribution in [0.2, 0.25) is 0 Å². The zero-order valence-electron chi connectivity index (χ0n) is 11.6. The van der Waals surface area contributed by atoms with Crippen LogP contribution in [-0.2, 0) is 0 Å². The van der Waals surface area contributed by atoms with Crippen LogP contribution in [-0.4, -0.2) is 30.1 Å². The van der Waals surface area contributed by atoms with Crippen LogP contribution >= 0.6 is 0 Å². The standard InChI is InChI=1S/C15H30N2/c1-2-11-17(12-14-7-6-8-14)15(13-16)9-4-3-5-10-15/h14H,2-13,16H2,1H3. The fraction of sp³-hybridized carbons (Fsp3) is 1.00. The van der Waals surface area contributed by atoms with Gasteiger partial charge in [-0.15, -0.1) is 0 Å². The van der Waals surface area contributed by atoms with Crippen molar-refractivity contribution >= 4 is 0 Å². The third kappa shape index (κ3) is 3.03. The van der Waals surface area contributed by atoms with Gasteiger partial charge < -0.3 is 5.73 Å². The summed E-state index contributed by atoms with van der Waals surface area (Å²) in [7, 11) is 0. The Labute approximate surface area is 107 Å². The first-order chi connectivity index (χ1) is 8.30. The molecule has 17 heavy (non-hydrogen) atoms. The average Bonchev–Trinajstić information content (AvgIpc) is 2.33. The fourth-order valence-electron chi connectivity index (χ4n) is 3.64. The highest BCUT2D eigenvalue weighted by molar-refractivity contribution is 4.95. The zero-order valence-corrected chi connectivity index (χ0v) is 11.6. The molecule has 0 unspecified atom stereocenters. The molecule has 0 aromatic heterocycles. The quantitative estimate of drug-likeness (QED) is 0.770. The Balaban J connectivity index is 1.99. The highest BCUT2D eigenvalue weighted by atomic mass is 15.2. The lowest BCUT2D eigenvalue weighted by molar-refractivity contribution is 0.0300. The minimum atomic E-state index is 0.365. The number of hydrogen-bond acceptors (Lipinski definition) is 2. The molecule has 0 aromatic carbocycles. The third-order valence-electron chi connectivity index (χ3n) is 5.03. The molecule has 2 N–H and O–H groups in total. The predicted octanol–water partition coefficient (Wildman–Crippen LogP) is 3.16. The van der Waals surface area contributed by atoms with E-state index < -0.39 is 0 Å². The summed E-state index contributed by atoms with van der Waals surface area (Å²) in [6, 6.07) is 0. The van der Waals surface area contributed by atoms with Gasteiger partial charge in [0.1, 0.15) is 0 Å². The minimum Gasteiger partial charge on any atom is -0.329 e. The van der Waals surface area contributed by atoms with E-state index in [1.165, 1.54) is 70.9 Å². The maximum absolute atomic E-state index is 6.16. The van der Waals surface area contributed by atoms with E-state index >= 15 is 0 Å². The summed E-state index contributed by atoms with van der Waals surface area (Å²) < 4.78 is 0. The van der Waals surface area contributed by atoms with Crippen LogP contribution in [0.25, 0.3) is 0 Å². The van der Waals surface area contributed by atoms with Gasteiger partial charge in [0.05, 0.1) is 0 Å². The van der Waals surface area contributed by atoms with Crippen LogP contribution < -0.4 is 5.73 Å². The van der Waals surface area contributed by atoms with E-state index in [4.69, 9.17) is 5.73 Å². The molecule has 0 spiro atoms. The molecule has 0 aliphatic heterocycles. The Morgan fingerprint density at radius 1 is 1.12 bits per heavy atom. The molecule has 0 bridgehead atoms. The van der Waals surface area contributed by atoms with E-state index in [0.29, 0.717) is 5.54 Å². The molecule has 2 fully saturated rings. The third-order valence-corrected chi connectivity index (χ3v) is 5.03. The van der Waals surface area contributed by atoms with Crippen molar-refractivity contribution in [2.24, 2.45) is 11.7 Å². The van der Waals surface area contributed by atoms with Gasteiger partial charge in [0.25, 0.3) is 0 Å². The summed E-state index contributed by atoms with van der Waals surface area (Å²) in [5, 5.41) is 0. The van der Waals surface area contributed by atoms with Crippen molar-refractivity contribution in [1.82, 2.24) is 4.90 Å². The van der Waals surface area contributed by atoms with Crippen molar-refractivity contribution < 1.29 is 0 Å². The van der Waals surface area contributed by atoms with Crippen LogP contribution in [0.15, 0.2) is 0 Å². The zero-order chi connectivity index (χ0) is 12.1. The van der Waals surface area contributed by atoms with Crippen LogP contribution in [0.1, 0.15) is 64.7 Å². The lowest BCUT2D eigenvalue weighted by atomic mass is 9.78. The van der Waals surface area contributed by atoms with Crippen LogP contribution in [0, 0.1) is 5.92 Å². The normalized spacial score (nSPS) is 24.9. The molecule has 0 radical (unpaired) electrons. The molecular formula is C15H30N2. The Morgan fingerprint density at radius 3 is 2.29 bits per heavy atom. The van der Waals surface area contributed by atoms with E-state index in [1.807, 2.05) is 0 Å². The molecule has 2 aliphatic carbocycles. The summed E-state index contributed by atoms with van der Waals surface area (Å²) in [6.45, 7) is 5.76. The fourth-order valence-corrected chi connectivity index (χ4v) is 3.64. The van der Waals surface area contributed by atoms with Gasteiger partial charge in [-0.3, -0.25) is 4.90 Å². The molecule has 2 saturated carbocycles. The molecule has 2 aliphatic rings. The predicted molar refractivity (Wildman–Crippen MR) is 74.1 cm³/mol. The topological polar surface area (TPSA) is 29.3 Å². The first-order valence-corrected chi connectivity index (χ1v) is 7.76. The largest absolute Gasteiger partial charge is 0.329 e. The average molecular weight is 238 g/mol. The molecule has 0 saturated heterocycles. The monoisotopic (exact) mass is 238 g/mol. The summed E-state index contributed by atoms with van der Waals surface area (Å²) in [5.41, 5.74) is 6.53. The van der Waals surface area contributed by atoms with Gasteiger partial charge in [-0.2, -0.15) is 0 Å². The highest BCUT2D eigenvalue weighted by Gasteiger charge is 2.37. The van der Waals surface area contributed by atoms with Gasteiger partial charge in [-0.05, 0) is 44.6 Å². The Hall–Kier alpha value is -0.0800. The van der Waals surface area contributed by atoms with Gasteiger partial charge in [-0.25, -0.2) is 0 Å². The molecule has 0 atom stereocenters. The maximum Gasteiger partial charge on any atom is 0.0331 e. The van der Waals surface area contributed by atoms with E-state index in [2.05, 4.69) is 11.8 Å².